The van der Waals surface area contributed by atoms with Crippen molar-refractivity contribution in [1.82, 2.24) is 4.72 Å². The van der Waals surface area contributed by atoms with E-state index in [-0.39, 0.29) is 11.5 Å². The van der Waals surface area contributed by atoms with E-state index in [2.05, 4.69) is 4.72 Å². The van der Waals surface area contributed by atoms with E-state index in [1.54, 1.807) is 19.1 Å². The Balaban J connectivity index is 2.29. The quantitative estimate of drug-likeness (QED) is 0.770. The molecule has 0 bridgehead atoms. The molecular formula is C16H20N2O5S. The molecule has 8 heteroatoms. The highest BCUT2D eigenvalue weighted by molar-refractivity contribution is 7.89. The molecule has 0 aliphatic carbocycles. The molecule has 130 valence electrons. The third-order valence-corrected chi connectivity index (χ3v) is 5.30. The number of benzene rings is 1. The normalized spacial score (nSPS) is 21.9. The smallest absolute Gasteiger partial charge is 0.324 e. The van der Waals surface area contributed by atoms with Gasteiger partial charge in [-0.1, -0.05) is 17.7 Å². The van der Waals surface area contributed by atoms with E-state index >= 15 is 0 Å². The SMILES string of the molecule is CCOC(=O)C(NS(=O)(=O)c1ccc(C)cc1)C1CCOC1C#N. The number of nitrogens with zero attached hydrogens (tertiary/aromatic N) is 1. The van der Waals surface area contributed by atoms with Crippen LogP contribution in [0.25, 0.3) is 0 Å². The van der Waals surface area contributed by atoms with E-state index in [0.29, 0.717) is 13.0 Å². The minimum Gasteiger partial charge on any atom is -0.465 e. The minimum absolute atomic E-state index is 0.0508. The Morgan fingerprint density at radius 2 is 2.12 bits per heavy atom. The molecular weight excluding hydrogens is 332 g/mol. The van der Waals surface area contributed by atoms with E-state index < -0.39 is 34.1 Å². The van der Waals surface area contributed by atoms with E-state index in [0.717, 1.165) is 5.56 Å². The van der Waals surface area contributed by atoms with Gasteiger partial charge in [-0.15, -0.1) is 0 Å². The largest absolute Gasteiger partial charge is 0.465 e. The van der Waals surface area contributed by atoms with Gasteiger partial charge in [0, 0.05) is 12.5 Å². The highest BCUT2D eigenvalue weighted by atomic mass is 32.2. The summed E-state index contributed by atoms with van der Waals surface area (Å²) >= 11 is 0. The molecule has 0 radical (unpaired) electrons. The first-order valence-electron chi connectivity index (χ1n) is 7.66. The second-order valence-corrected chi connectivity index (χ2v) is 7.25. The van der Waals surface area contributed by atoms with Gasteiger partial charge in [-0.05, 0) is 32.4 Å². The molecule has 0 aromatic heterocycles. The summed E-state index contributed by atoms with van der Waals surface area (Å²) in [4.78, 5) is 12.3. The Morgan fingerprint density at radius 1 is 1.46 bits per heavy atom. The van der Waals surface area contributed by atoms with Crippen molar-refractivity contribution in [3.8, 4) is 6.07 Å². The molecule has 1 aromatic rings. The minimum atomic E-state index is -3.92. The van der Waals surface area contributed by atoms with Crippen LogP contribution in [0, 0.1) is 24.2 Å². The molecule has 1 aliphatic rings. The summed E-state index contributed by atoms with van der Waals surface area (Å²) in [6.07, 6.45) is -0.446. The summed E-state index contributed by atoms with van der Waals surface area (Å²) in [6, 6.07) is 7.07. The van der Waals surface area contributed by atoms with Crippen molar-refractivity contribution < 1.29 is 22.7 Å². The van der Waals surface area contributed by atoms with Crippen LogP contribution in [0.1, 0.15) is 18.9 Å². The predicted octanol–water partition coefficient (Wildman–Crippen LogP) is 1.13. The number of aryl methyl sites for hydroxylation is 1. The molecule has 7 nitrogen and oxygen atoms in total. The van der Waals surface area contributed by atoms with Crippen LogP contribution >= 0.6 is 0 Å². The topological polar surface area (TPSA) is 105 Å². The zero-order chi connectivity index (χ0) is 17.7. The number of hydrogen-bond donors (Lipinski definition) is 1. The average Bonchev–Trinajstić information content (AvgIpc) is 3.01. The number of carbonyl (C=O) groups is 1. The molecule has 3 unspecified atom stereocenters. The third kappa shape index (κ3) is 4.12. The van der Waals surface area contributed by atoms with Crippen molar-refractivity contribution in [1.29, 1.82) is 5.26 Å². The molecule has 0 saturated carbocycles. The Kier molecular flexibility index (Phi) is 5.94. The fraction of sp³-hybridized carbons (Fsp3) is 0.500. The van der Waals surface area contributed by atoms with Crippen molar-refractivity contribution in [2.45, 2.75) is 37.3 Å². The third-order valence-electron chi connectivity index (χ3n) is 3.85. The van der Waals surface area contributed by atoms with Crippen LogP contribution in [0.5, 0.6) is 0 Å². The Labute approximate surface area is 141 Å². The Hall–Kier alpha value is -1.95. The highest BCUT2D eigenvalue weighted by Crippen LogP contribution is 2.26. The van der Waals surface area contributed by atoms with Crippen LogP contribution in [0.3, 0.4) is 0 Å². The first kappa shape index (κ1) is 18.4. The zero-order valence-corrected chi connectivity index (χ0v) is 14.4. The van der Waals surface area contributed by atoms with E-state index in [9.17, 15) is 13.2 Å². The summed E-state index contributed by atoms with van der Waals surface area (Å²) in [6.45, 7) is 3.90. The van der Waals surface area contributed by atoms with Gasteiger partial charge in [-0.25, -0.2) is 8.42 Å². The maximum atomic E-state index is 12.6. The van der Waals surface area contributed by atoms with Gasteiger partial charge in [0.1, 0.15) is 12.1 Å². The van der Waals surface area contributed by atoms with E-state index in [1.807, 2.05) is 13.0 Å². The molecule has 1 aromatic carbocycles. The molecule has 24 heavy (non-hydrogen) atoms. The molecule has 0 spiro atoms. The van der Waals surface area contributed by atoms with Gasteiger partial charge < -0.3 is 9.47 Å². The first-order valence-corrected chi connectivity index (χ1v) is 9.14. The molecule has 2 rings (SSSR count). The molecule has 1 fully saturated rings. The lowest BCUT2D eigenvalue weighted by atomic mass is 9.94. The summed E-state index contributed by atoms with van der Waals surface area (Å²) in [5, 5.41) is 9.14. The second-order valence-electron chi connectivity index (χ2n) is 5.54. The molecule has 1 N–H and O–H groups in total. The van der Waals surface area contributed by atoms with Crippen molar-refractivity contribution in [2.24, 2.45) is 5.92 Å². The second kappa shape index (κ2) is 7.75. The van der Waals surface area contributed by atoms with Crippen LogP contribution in [0.2, 0.25) is 0 Å². The van der Waals surface area contributed by atoms with Gasteiger partial charge in [-0.3, -0.25) is 4.79 Å². The summed E-state index contributed by atoms with van der Waals surface area (Å²) in [5.74, 6) is -1.29. The van der Waals surface area contributed by atoms with Crippen LogP contribution in [-0.4, -0.2) is 39.7 Å². The molecule has 3 atom stereocenters. The Morgan fingerprint density at radius 3 is 2.71 bits per heavy atom. The van der Waals surface area contributed by atoms with Gasteiger partial charge in [0.15, 0.2) is 0 Å². The maximum Gasteiger partial charge on any atom is 0.324 e. The van der Waals surface area contributed by atoms with Crippen LogP contribution in [0.4, 0.5) is 0 Å². The van der Waals surface area contributed by atoms with Gasteiger partial charge in [0.25, 0.3) is 0 Å². The Bertz CT molecular complexity index is 724. The van der Waals surface area contributed by atoms with Crippen molar-refractivity contribution in [2.75, 3.05) is 13.2 Å². The highest BCUT2D eigenvalue weighted by Gasteiger charge is 2.41. The van der Waals surface area contributed by atoms with Gasteiger partial charge in [0.2, 0.25) is 10.0 Å². The van der Waals surface area contributed by atoms with Crippen molar-refractivity contribution in [3.05, 3.63) is 29.8 Å². The van der Waals surface area contributed by atoms with Gasteiger partial charge in [-0.2, -0.15) is 9.98 Å². The zero-order valence-electron chi connectivity index (χ0n) is 13.6. The van der Waals surface area contributed by atoms with Crippen LogP contribution in [0.15, 0.2) is 29.2 Å². The van der Waals surface area contributed by atoms with E-state index in [4.69, 9.17) is 14.7 Å². The van der Waals surface area contributed by atoms with Crippen molar-refractivity contribution in [3.63, 3.8) is 0 Å². The predicted molar refractivity (Wildman–Crippen MR) is 85.4 cm³/mol. The number of hydrogen-bond acceptors (Lipinski definition) is 6. The lowest BCUT2D eigenvalue weighted by Gasteiger charge is -2.23. The molecule has 0 amide bonds. The first-order chi connectivity index (χ1) is 11.4. The maximum absolute atomic E-state index is 12.6. The standard InChI is InChI=1S/C16H20N2O5S/c1-3-22-16(19)15(13-8-9-23-14(13)10-17)18-24(20,21)12-6-4-11(2)5-7-12/h4-7,13-15,18H,3,8-9H2,1-2H3. The lowest BCUT2D eigenvalue weighted by molar-refractivity contribution is -0.146. The van der Waals surface area contributed by atoms with Crippen LogP contribution in [-0.2, 0) is 24.3 Å². The number of rotatable bonds is 6. The lowest BCUT2D eigenvalue weighted by Crippen LogP contribution is -2.48. The number of nitrogens with one attached hydrogen (secondary N) is 1. The number of esters is 1. The van der Waals surface area contributed by atoms with Gasteiger partial charge in [0.05, 0.1) is 17.6 Å². The van der Waals surface area contributed by atoms with E-state index in [1.165, 1.54) is 12.1 Å². The average molecular weight is 352 g/mol. The monoisotopic (exact) mass is 352 g/mol. The molecule has 1 heterocycles. The van der Waals surface area contributed by atoms with Crippen molar-refractivity contribution >= 4 is 16.0 Å². The summed E-state index contributed by atoms with van der Waals surface area (Å²) < 4.78 is 37.8. The number of carbonyl (C=O) groups excluding carboxylic acids is 1. The fourth-order valence-electron chi connectivity index (χ4n) is 2.58. The number of ether oxygens (including phenoxy) is 2. The molecule has 1 saturated heterocycles. The molecule has 1 aliphatic heterocycles. The van der Waals surface area contributed by atoms with Crippen LogP contribution < -0.4 is 4.72 Å². The fourth-order valence-corrected chi connectivity index (χ4v) is 3.81. The summed E-state index contributed by atoms with van der Waals surface area (Å²) in [5.41, 5.74) is 0.921. The van der Waals surface area contributed by atoms with Gasteiger partial charge >= 0.3 is 5.97 Å². The summed E-state index contributed by atoms with van der Waals surface area (Å²) in [7, 11) is -3.92. The number of sulfonamides is 1. The number of nitriles is 1.